The van der Waals surface area contributed by atoms with Crippen LogP contribution in [0.3, 0.4) is 0 Å². The summed E-state index contributed by atoms with van der Waals surface area (Å²) in [7, 11) is 0. The summed E-state index contributed by atoms with van der Waals surface area (Å²) in [5.74, 6) is -8.27. The molecule has 0 radical (unpaired) electrons. The number of hydrogen-bond donors (Lipinski definition) is 3. The molecule has 0 unspecified atom stereocenters. The molecule has 0 atom stereocenters. The van der Waals surface area contributed by atoms with Crippen LogP contribution in [0.15, 0.2) is 0 Å². The van der Waals surface area contributed by atoms with Crippen molar-refractivity contribution in [2.75, 3.05) is 0 Å². The molecule has 22 heavy (non-hydrogen) atoms. The average molecular weight is 470 g/mol. The van der Waals surface area contributed by atoms with Gasteiger partial charge in [-0.25, -0.2) is 14.4 Å². The number of carboxylic acid groups (broad SMARTS) is 3. The van der Waals surface area contributed by atoms with E-state index in [0.29, 0.717) is 0 Å². The zero-order chi connectivity index (χ0) is 18.2. The fraction of sp³-hybridized carbons (Fsp3) is 0.500. The maximum Gasteiger partial charge on any atom is 0.490 e. The smallest absolute Gasteiger partial charge is 0.475 e. The maximum absolute atomic E-state index is 10.6. The number of halogens is 10. The van der Waals surface area contributed by atoms with Gasteiger partial charge < -0.3 is 15.3 Å². The Labute approximate surface area is 130 Å². The van der Waals surface area contributed by atoms with Crippen LogP contribution in [-0.4, -0.2) is 51.8 Å². The summed E-state index contributed by atoms with van der Waals surface area (Å²) in [5, 5.41) is 21.4. The van der Waals surface area contributed by atoms with Crippen molar-refractivity contribution in [1.29, 1.82) is 0 Å². The van der Waals surface area contributed by atoms with Crippen molar-refractivity contribution in [2.45, 2.75) is 18.5 Å². The first-order chi connectivity index (χ1) is 8.83. The van der Waals surface area contributed by atoms with Gasteiger partial charge in [-0.1, -0.05) is 0 Å². The Morgan fingerprint density at radius 3 is 0.545 bits per heavy atom. The average Bonchev–Trinajstić information content (AvgIpc) is 2.14. The van der Waals surface area contributed by atoms with E-state index >= 15 is 0 Å². The van der Waals surface area contributed by atoms with Crippen LogP contribution in [0.2, 0.25) is 0 Å². The van der Waals surface area contributed by atoms with Crippen molar-refractivity contribution in [1.82, 2.24) is 0 Å². The summed E-state index contributed by atoms with van der Waals surface area (Å²) in [6.07, 6.45) is -15.3. The second-order valence-electron chi connectivity index (χ2n) is 2.41. The fourth-order valence-corrected chi connectivity index (χ4v) is 0. The molecule has 0 saturated heterocycles. The van der Waals surface area contributed by atoms with Gasteiger partial charge in [0.25, 0.3) is 0 Å². The van der Waals surface area contributed by atoms with E-state index in [1.165, 1.54) is 0 Å². The van der Waals surface area contributed by atoms with Crippen molar-refractivity contribution < 1.29 is 69.2 Å². The molecule has 134 valence electrons. The summed E-state index contributed by atoms with van der Waals surface area (Å²) in [5.41, 5.74) is 0. The van der Waals surface area contributed by atoms with E-state index in [-0.39, 0.29) is 24.0 Å². The minimum absolute atomic E-state index is 0. The zero-order valence-corrected chi connectivity index (χ0v) is 11.7. The summed E-state index contributed by atoms with van der Waals surface area (Å²) in [4.78, 5) is 26.7. The highest BCUT2D eigenvalue weighted by Crippen LogP contribution is 2.14. The molecular weight excluding hydrogens is 466 g/mol. The van der Waals surface area contributed by atoms with Crippen molar-refractivity contribution in [3.05, 3.63) is 0 Å². The van der Waals surface area contributed by atoms with Gasteiger partial charge in [-0.15, -0.1) is 24.0 Å². The molecule has 6 nitrogen and oxygen atoms in total. The Hall–Kier alpha value is -1.49. The molecular formula is C6H4F9IO6. The van der Waals surface area contributed by atoms with Crippen molar-refractivity contribution in [2.24, 2.45) is 0 Å². The lowest BCUT2D eigenvalue weighted by Crippen LogP contribution is -2.21. The predicted molar refractivity (Wildman–Crippen MR) is 56.5 cm³/mol. The van der Waals surface area contributed by atoms with Gasteiger partial charge in [0.2, 0.25) is 0 Å². The summed E-state index contributed by atoms with van der Waals surface area (Å²) >= 11 is 0. The van der Waals surface area contributed by atoms with E-state index in [9.17, 15) is 39.5 Å². The second kappa shape index (κ2) is 10.3. The summed E-state index contributed by atoms with van der Waals surface area (Å²) in [6.45, 7) is 0. The quantitative estimate of drug-likeness (QED) is 0.371. The lowest BCUT2D eigenvalue weighted by molar-refractivity contribution is -0.193. The lowest BCUT2D eigenvalue weighted by atomic mass is 10.7. The monoisotopic (exact) mass is 470 g/mol. The second-order valence-corrected chi connectivity index (χ2v) is 2.41. The molecule has 0 bridgehead atoms. The first kappa shape index (κ1) is 28.6. The van der Waals surface area contributed by atoms with Crippen LogP contribution in [0.1, 0.15) is 0 Å². The Morgan fingerprint density at radius 1 is 0.500 bits per heavy atom. The SMILES string of the molecule is I.O=C(O)C(F)(F)F.O=C(O)C(F)(F)F.O=C(O)C(F)(F)F. The fourth-order valence-electron chi connectivity index (χ4n) is 0. The molecule has 0 rings (SSSR count). The highest BCUT2D eigenvalue weighted by atomic mass is 127. The third kappa shape index (κ3) is 20.8. The van der Waals surface area contributed by atoms with Gasteiger partial charge in [0.15, 0.2) is 0 Å². The first-order valence-electron chi connectivity index (χ1n) is 3.73. The topological polar surface area (TPSA) is 112 Å². The molecule has 0 aliphatic heterocycles. The van der Waals surface area contributed by atoms with Crippen LogP contribution in [-0.2, 0) is 14.4 Å². The van der Waals surface area contributed by atoms with Crippen LogP contribution < -0.4 is 0 Å². The third-order valence-electron chi connectivity index (χ3n) is 0.728. The van der Waals surface area contributed by atoms with Crippen molar-refractivity contribution in [3.63, 3.8) is 0 Å². The molecule has 0 aromatic heterocycles. The Bertz CT molecular complexity index is 313. The maximum atomic E-state index is 10.6. The number of rotatable bonds is 0. The number of aliphatic carboxylic acids is 3. The van der Waals surface area contributed by atoms with Gasteiger partial charge in [0.1, 0.15) is 0 Å². The van der Waals surface area contributed by atoms with Crippen LogP contribution in [0.5, 0.6) is 0 Å². The molecule has 0 aliphatic rings. The number of carboxylic acids is 3. The minimum Gasteiger partial charge on any atom is -0.475 e. The van der Waals surface area contributed by atoms with Crippen LogP contribution in [0.25, 0.3) is 0 Å². The van der Waals surface area contributed by atoms with E-state index in [0.717, 1.165) is 0 Å². The molecule has 0 aliphatic carbocycles. The molecule has 0 aromatic rings. The van der Waals surface area contributed by atoms with Crippen LogP contribution >= 0.6 is 24.0 Å². The van der Waals surface area contributed by atoms with E-state index in [1.54, 1.807) is 0 Å². The molecule has 0 amide bonds. The number of alkyl halides is 9. The van der Waals surface area contributed by atoms with Gasteiger partial charge in [0.05, 0.1) is 0 Å². The summed E-state index contributed by atoms with van der Waals surface area (Å²) in [6, 6.07) is 0. The van der Waals surface area contributed by atoms with Crippen LogP contribution in [0, 0.1) is 0 Å². The molecule has 0 heterocycles. The molecule has 0 aromatic carbocycles. The Kier molecular flexibility index (Phi) is 13.4. The molecule has 0 fully saturated rings. The van der Waals surface area contributed by atoms with Gasteiger partial charge in [0, 0.05) is 0 Å². The van der Waals surface area contributed by atoms with Gasteiger partial charge in [-0.2, -0.15) is 39.5 Å². The first-order valence-corrected chi connectivity index (χ1v) is 3.73. The van der Waals surface area contributed by atoms with Crippen molar-refractivity contribution in [3.8, 4) is 0 Å². The predicted octanol–water partition coefficient (Wildman–Crippen LogP) is 2.52. The van der Waals surface area contributed by atoms with E-state index in [2.05, 4.69) is 0 Å². The lowest BCUT2D eigenvalue weighted by Gasteiger charge is -1.93. The number of carbonyl (C=O) groups is 3. The molecule has 0 saturated carbocycles. The van der Waals surface area contributed by atoms with Gasteiger partial charge in [-0.3, -0.25) is 0 Å². The van der Waals surface area contributed by atoms with E-state index in [4.69, 9.17) is 29.7 Å². The normalized spacial score (nSPS) is 10.8. The van der Waals surface area contributed by atoms with Crippen LogP contribution in [0.4, 0.5) is 39.5 Å². The van der Waals surface area contributed by atoms with Gasteiger partial charge in [-0.05, 0) is 0 Å². The standard InChI is InChI=1S/3C2HF3O2.HI/c3*3-2(4,5)1(6)7;/h3*(H,6,7);1H. The highest BCUT2D eigenvalue weighted by Gasteiger charge is 2.39. The Balaban J connectivity index is -0.000000108. The summed E-state index contributed by atoms with van der Waals surface area (Å²) < 4.78 is 95.2. The van der Waals surface area contributed by atoms with Crippen molar-refractivity contribution >= 4 is 41.9 Å². The Morgan fingerprint density at radius 2 is 0.545 bits per heavy atom. The van der Waals surface area contributed by atoms with E-state index in [1.807, 2.05) is 0 Å². The largest absolute Gasteiger partial charge is 0.490 e. The minimum atomic E-state index is -5.08. The zero-order valence-electron chi connectivity index (χ0n) is 9.38. The highest BCUT2D eigenvalue weighted by molar-refractivity contribution is 14.0. The van der Waals surface area contributed by atoms with E-state index < -0.39 is 36.4 Å². The third-order valence-corrected chi connectivity index (χ3v) is 0.728. The molecule has 0 spiro atoms. The number of hydrogen-bond acceptors (Lipinski definition) is 3. The van der Waals surface area contributed by atoms with Gasteiger partial charge >= 0.3 is 36.4 Å². The molecule has 16 heteroatoms. The molecule has 3 N–H and O–H groups in total.